The number of quaternary nitrogens is 1. The van der Waals surface area contributed by atoms with Crippen LogP contribution in [0.2, 0.25) is 0 Å². The Morgan fingerprint density at radius 1 is 1.29 bits per heavy atom. The fraction of sp³-hybridized carbons (Fsp3) is 0.500. The van der Waals surface area contributed by atoms with Crippen LogP contribution < -0.4 is 9.80 Å². The number of methoxy groups -OCH3 is 1. The zero-order valence-electron chi connectivity index (χ0n) is 10.4. The number of hydrogen-bond acceptors (Lipinski definition) is 4. The van der Waals surface area contributed by atoms with Gasteiger partial charge < -0.3 is 24.9 Å². The molecule has 0 saturated heterocycles. The maximum absolute atomic E-state index is 12.0. The van der Waals surface area contributed by atoms with Crippen molar-refractivity contribution in [1.29, 1.82) is 0 Å². The van der Waals surface area contributed by atoms with E-state index in [9.17, 15) is 5.21 Å². The van der Waals surface area contributed by atoms with Gasteiger partial charge >= 0.3 is 0 Å². The van der Waals surface area contributed by atoms with Crippen molar-refractivity contribution in [2.75, 3.05) is 20.3 Å². The maximum Gasteiger partial charge on any atom is 0.199 e. The van der Waals surface area contributed by atoms with Gasteiger partial charge in [-0.25, -0.2) is 0 Å². The first-order chi connectivity index (χ1) is 8.01. The van der Waals surface area contributed by atoms with E-state index in [4.69, 9.17) is 14.6 Å². The third-order valence-corrected chi connectivity index (χ3v) is 2.53. The third kappa shape index (κ3) is 3.67. The van der Waals surface area contributed by atoms with Crippen LogP contribution in [0.15, 0.2) is 24.3 Å². The highest BCUT2D eigenvalue weighted by molar-refractivity contribution is 5.36. The summed E-state index contributed by atoms with van der Waals surface area (Å²) in [5.74, 6) is 0.630. The molecule has 1 unspecified atom stereocenters. The Kier molecular flexibility index (Phi) is 4.89. The minimum Gasteiger partial charge on any atom is -0.627 e. The summed E-state index contributed by atoms with van der Waals surface area (Å²) in [5.41, 5.74) is -0.249. The fourth-order valence-corrected chi connectivity index (χ4v) is 1.31. The molecule has 0 aliphatic heterocycles. The van der Waals surface area contributed by atoms with Crippen LogP contribution in [0, 0.1) is 5.21 Å². The summed E-state index contributed by atoms with van der Waals surface area (Å²) in [4.78, 5) is 0. The normalized spacial score (nSPS) is 13.5. The summed E-state index contributed by atoms with van der Waals surface area (Å²) >= 11 is 0. The largest absolute Gasteiger partial charge is 0.627 e. The second-order valence-electron chi connectivity index (χ2n) is 4.14. The van der Waals surface area contributed by atoms with E-state index in [1.165, 1.54) is 7.11 Å². The Morgan fingerprint density at radius 2 is 1.88 bits per heavy atom. The predicted molar refractivity (Wildman–Crippen MR) is 64.1 cm³/mol. The quantitative estimate of drug-likeness (QED) is 0.561. The van der Waals surface area contributed by atoms with Gasteiger partial charge in [0.15, 0.2) is 5.72 Å². The van der Waals surface area contributed by atoms with Crippen LogP contribution in [0.3, 0.4) is 0 Å². The lowest BCUT2D eigenvalue weighted by Gasteiger charge is -2.36. The molecule has 5 heteroatoms. The smallest absolute Gasteiger partial charge is 0.199 e. The molecule has 0 aromatic heterocycles. The monoisotopic (exact) mass is 241 g/mol. The molecule has 17 heavy (non-hydrogen) atoms. The SMILES string of the molecule is COC(C)(C)[NH+]([O-])c1ccc(OCCO)cc1. The van der Waals surface area contributed by atoms with Gasteiger partial charge in [0.2, 0.25) is 0 Å². The molecule has 2 N–H and O–H groups in total. The topological polar surface area (TPSA) is 66.2 Å². The Labute approximate surface area is 101 Å². The Morgan fingerprint density at radius 3 is 2.35 bits per heavy atom. The van der Waals surface area contributed by atoms with Crippen LogP contribution in [-0.2, 0) is 4.74 Å². The summed E-state index contributed by atoms with van der Waals surface area (Å²) in [7, 11) is 1.51. The number of benzene rings is 1. The summed E-state index contributed by atoms with van der Waals surface area (Å²) < 4.78 is 10.3. The number of aliphatic hydroxyl groups excluding tert-OH is 1. The minimum absolute atomic E-state index is 0.0304. The second-order valence-corrected chi connectivity index (χ2v) is 4.14. The predicted octanol–water partition coefficient (Wildman–Crippen LogP) is 0.454. The van der Waals surface area contributed by atoms with Gasteiger partial charge in [-0.05, 0) is 12.1 Å². The number of nitrogens with one attached hydrogen (secondary N) is 1. The Bertz CT molecular complexity index is 337. The molecule has 1 atom stereocenters. The average Bonchev–Trinajstić information content (AvgIpc) is 2.36. The van der Waals surface area contributed by atoms with Crippen molar-refractivity contribution in [3.8, 4) is 5.75 Å². The molecule has 0 heterocycles. The number of ether oxygens (including phenoxy) is 2. The lowest BCUT2D eigenvalue weighted by molar-refractivity contribution is -0.867. The summed E-state index contributed by atoms with van der Waals surface area (Å²) in [6.45, 7) is 3.67. The van der Waals surface area contributed by atoms with Gasteiger partial charge in [0.25, 0.3) is 0 Å². The lowest BCUT2D eigenvalue weighted by Crippen LogP contribution is -3.11. The molecule has 96 valence electrons. The number of rotatable bonds is 6. The van der Waals surface area contributed by atoms with E-state index in [0.717, 1.165) is 0 Å². The third-order valence-electron chi connectivity index (χ3n) is 2.53. The highest BCUT2D eigenvalue weighted by Crippen LogP contribution is 2.14. The van der Waals surface area contributed by atoms with Crippen LogP contribution in [-0.4, -0.2) is 31.2 Å². The van der Waals surface area contributed by atoms with Gasteiger partial charge in [-0.3, -0.25) is 0 Å². The molecule has 0 amide bonds. The highest BCUT2D eigenvalue weighted by atomic mass is 16.6. The van der Waals surface area contributed by atoms with Crippen molar-refractivity contribution in [2.45, 2.75) is 19.6 Å². The zero-order chi connectivity index (χ0) is 12.9. The number of hydroxylamine groups is 1. The van der Waals surface area contributed by atoms with E-state index < -0.39 is 5.72 Å². The Balaban J connectivity index is 2.73. The summed E-state index contributed by atoms with van der Waals surface area (Å²) in [5, 5.41) is 20.6. The van der Waals surface area contributed by atoms with Crippen molar-refractivity contribution in [3.63, 3.8) is 0 Å². The van der Waals surface area contributed by atoms with E-state index in [0.29, 0.717) is 11.4 Å². The number of aliphatic hydroxyl groups is 1. The van der Waals surface area contributed by atoms with Crippen LogP contribution in [0.4, 0.5) is 5.69 Å². The van der Waals surface area contributed by atoms with E-state index in [1.54, 1.807) is 38.1 Å². The van der Waals surface area contributed by atoms with Crippen molar-refractivity contribution in [1.82, 2.24) is 0 Å². The van der Waals surface area contributed by atoms with E-state index in [-0.39, 0.29) is 18.3 Å². The van der Waals surface area contributed by atoms with Crippen molar-refractivity contribution in [3.05, 3.63) is 29.5 Å². The van der Waals surface area contributed by atoms with Gasteiger partial charge in [-0.1, -0.05) is 0 Å². The van der Waals surface area contributed by atoms with E-state index in [1.807, 2.05) is 0 Å². The fourth-order valence-electron chi connectivity index (χ4n) is 1.31. The van der Waals surface area contributed by atoms with Crippen LogP contribution in [0.5, 0.6) is 5.75 Å². The first-order valence-electron chi connectivity index (χ1n) is 5.45. The minimum atomic E-state index is -0.826. The molecule has 0 bridgehead atoms. The first-order valence-corrected chi connectivity index (χ1v) is 5.45. The molecule has 1 aromatic rings. The molecule has 1 aromatic carbocycles. The van der Waals surface area contributed by atoms with Gasteiger partial charge in [-0.2, -0.15) is 0 Å². The van der Waals surface area contributed by atoms with Crippen LogP contribution in [0.25, 0.3) is 0 Å². The van der Waals surface area contributed by atoms with Crippen LogP contribution in [0.1, 0.15) is 13.8 Å². The summed E-state index contributed by atoms with van der Waals surface area (Å²) in [6.07, 6.45) is 0. The molecule has 0 aliphatic rings. The van der Waals surface area contributed by atoms with Crippen molar-refractivity contribution < 1.29 is 19.6 Å². The van der Waals surface area contributed by atoms with Gasteiger partial charge in [0.05, 0.1) is 6.61 Å². The van der Waals surface area contributed by atoms with Gasteiger partial charge in [0, 0.05) is 33.1 Å². The maximum atomic E-state index is 12.0. The molecule has 0 fully saturated rings. The standard InChI is InChI=1S/C12H19NO4/c1-12(2,16-3)13(15)10-4-6-11(7-5-10)17-9-8-14/h4-7,13-14H,8-9H2,1-3H3. The molecule has 5 nitrogen and oxygen atoms in total. The lowest BCUT2D eigenvalue weighted by atomic mass is 10.2. The average molecular weight is 241 g/mol. The second kappa shape index (κ2) is 5.97. The van der Waals surface area contributed by atoms with Crippen molar-refractivity contribution >= 4 is 5.69 Å². The molecule has 0 radical (unpaired) electrons. The molecule has 0 spiro atoms. The first kappa shape index (κ1) is 13.9. The van der Waals surface area contributed by atoms with Crippen LogP contribution >= 0.6 is 0 Å². The molecule has 1 rings (SSSR count). The van der Waals surface area contributed by atoms with Crippen molar-refractivity contribution in [2.24, 2.45) is 0 Å². The van der Waals surface area contributed by atoms with E-state index >= 15 is 0 Å². The highest BCUT2D eigenvalue weighted by Gasteiger charge is 2.25. The van der Waals surface area contributed by atoms with E-state index in [2.05, 4.69) is 0 Å². The Hall–Kier alpha value is -1.14. The van der Waals surface area contributed by atoms with Gasteiger partial charge in [0.1, 0.15) is 18.0 Å². The molecule has 0 saturated carbocycles. The summed E-state index contributed by atoms with van der Waals surface area (Å²) in [6, 6.07) is 6.79. The van der Waals surface area contributed by atoms with Gasteiger partial charge in [-0.15, -0.1) is 0 Å². The molecular formula is C12H19NO4. The number of hydrogen-bond donors (Lipinski definition) is 2. The molecular weight excluding hydrogens is 222 g/mol. The zero-order valence-corrected chi connectivity index (χ0v) is 10.4. The molecule has 0 aliphatic carbocycles.